The lowest BCUT2D eigenvalue weighted by Gasteiger charge is -2.32. The zero-order valence-electron chi connectivity index (χ0n) is 14.4. The summed E-state index contributed by atoms with van der Waals surface area (Å²) in [5.41, 5.74) is 0.0885. The Hall–Kier alpha value is -1.05. The van der Waals surface area contributed by atoms with Gasteiger partial charge in [-0.1, -0.05) is 0 Å². The number of imidazole rings is 1. The predicted octanol–water partition coefficient (Wildman–Crippen LogP) is 1.56. The molecule has 1 aromatic rings. The molecule has 1 aromatic heterocycles. The molecule has 7 heteroatoms. The molecule has 0 amide bonds. The van der Waals surface area contributed by atoms with Crippen LogP contribution in [0, 0.1) is 0 Å². The average molecular weight is 307 g/mol. The molecule has 0 radical (unpaired) electrons. The molecular formula is C15H26BN3O3. The summed E-state index contributed by atoms with van der Waals surface area (Å²) in [6.07, 6.45) is 4.16. The van der Waals surface area contributed by atoms with E-state index in [1.807, 2.05) is 25.2 Å². The minimum absolute atomic E-state index is 0.0565. The minimum Gasteiger partial charge on any atom is -0.398 e. The van der Waals surface area contributed by atoms with E-state index in [1.165, 1.54) is 0 Å². The van der Waals surface area contributed by atoms with Crippen LogP contribution in [0.4, 0.5) is 5.95 Å². The van der Waals surface area contributed by atoms with Gasteiger partial charge in [0.2, 0.25) is 5.95 Å². The van der Waals surface area contributed by atoms with E-state index in [9.17, 15) is 0 Å². The minimum atomic E-state index is -0.439. The molecule has 0 aliphatic carbocycles. The first-order valence-corrected chi connectivity index (χ1v) is 7.94. The van der Waals surface area contributed by atoms with Crippen LogP contribution in [0.5, 0.6) is 0 Å². The first-order valence-electron chi connectivity index (χ1n) is 7.94. The maximum absolute atomic E-state index is 6.10. The molecule has 1 unspecified atom stereocenters. The van der Waals surface area contributed by atoms with Gasteiger partial charge in [-0.25, -0.2) is 4.98 Å². The Morgan fingerprint density at radius 3 is 2.36 bits per heavy atom. The van der Waals surface area contributed by atoms with E-state index in [1.54, 1.807) is 0 Å². The van der Waals surface area contributed by atoms with Crippen LogP contribution in [0.1, 0.15) is 46.8 Å². The van der Waals surface area contributed by atoms with Gasteiger partial charge in [-0.15, -0.1) is 0 Å². The van der Waals surface area contributed by atoms with Crippen LogP contribution in [-0.2, 0) is 14.0 Å². The van der Waals surface area contributed by atoms with E-state index in [-0.39, 0.29) is 17.4 Å². The molecule has 2 fully saturated rings. The lowest BCUT2D eigenvalue weighted by Crippen LogP contribution is -2.41. The molecule has 122 valence electrons. The molecule has 0 N–H and O–H groups in total. The summed E-state index contributed by atoms with van der Waals surface area (Å²) in [6.45, 7) is 9.02. The summed E-state index contributed by atoms with van der Waals surface area (Å²) in [5.74, 6) is 0.872. The normalized spacial score (nSPS) is 26.6. The Morgan fingerprint density at radius 2 is 1.86 bits per heavy atom. The van der Waals surface area contributed by atoms with Crippen LogP contribution < -0.4 is 10.5 Å². The number of nitrogens with zero attached hydrogens (tertiary/aromatic N) is 3. The summed E-state index contributed by atoms with van der Waals surface area (Å²) in [4.78, 5) is 6.72. The second-order valence-corrected chi connectivity index (χ2v) is 7.32. The van der Waals surface area contributed by atoms with Crippen LogP contribution in [0.15, 0.2) is 6.20 Å². The fraction of sp³-hybridized carbons (Fsp3) is 0.800. The smallest absolute Gasteiger partial charge is 0.398 e. The Labute approximate surface area is 132 Å². The van der Waals surface area contributed by atoms with Gasteiger partial charge in [0.1, 0.15) is 6.23 Å². The lowest BCUT2D eigenvalue weighted by atomic mass is 9.86. The molecule has 0 bridgehead atoms. The molecule has 2 saturated heterocycles. The van der Waals surface area contributed by atoms with Crippen molar-refractivity contribution in [2.75, 3.05) is 25.6 Å². The lowest BCUT2D eigenvalue weighted by molar-refractivity contribution is 0.00578. The highest BCUT2D eigenvalue weighted by Crippen LogP contribution is 2.36. The summed E-state index contributed by atoms with van der Waals surface area (Å²) in [7, 11) is 3.54. The van der Waals surface area contributed by atoms with Crippen molar-refractivity contribution >= 4 is 18.7 Å². The van der Waals surface area contributed by atoms with Crippen LogP contribution in [0.2, 0.25) is 0 Å². The van der Waals surface area contributed by atoms with E-state index < -0.39 is 7.12 Å². The first kappa shape index (κ1) is 15.8. The molecular weight excluding hydrogens is 281 g/mol. The highest BCUT2D eigenvalue weighted by atomic mass is 16.7. The van der Waals surface area contributed by atoms with Crippen molar-refractivity contribution in [1.29, 1.82) is 0 Å². The maximum Gasteiger partial charge on any atom is 0.516 e. The Morgan fingerprint density at radius 1 is 1.23 bits per heavy atom. The number of anilines is 1. The van der Waals surface area contributed by atoms with E-state index in [4.69, 9.17) is 19.0 Å². The molecule has 22 heavy (non-hydrogen) atoms. The third kappa shape index (κ3) is 2.55. The zero-order valence-corrected chi connectivity index (χ0v) is 14.4. The Kier molecular flexibility index (Phi) is 3.78. The number of hydrogen-bond acceptors (Lipinski definition) is 5. The molecule has 2 aliphatic rings. The average Bonchev–Trinajstić information content (AvgIpc) is 3.09. The highest BCUT2D eigenvalue weighted by molar-refractivity contribution is 6.61. The van der Waals surface area contributed by atoms with Gasteiger partial charge in [-0.2, -0.15) is 0 Å². The van der Waals surface area contributed by atoms with Crippen molar-refractivity contribution in [3.8, 4) is 0 Å². The standard InChI is InChI=1S/C15H26BN3O3/c1-14(2)15(3,4)22-16(21-14)11-10-19(12-8-7-9-20-12)13(17-11)18(5)6/h10,12H,7-9H2,1-6H3. The van der Waals surface area contributed by atoms with E-state index in [2.05, 4.69) is 32.3 Å². The van der Waals surface area contributed by atoms with E-state index in [0.717, 1.165) is 31.0 Å². The molecule has 3 heterocycles. The summed E-state index contributed by atoms with van der Waals surface area (Å²) in [6, 6.07) is 0. The molecule has 0 saturated carbocycles. The quantitative estimate of drug-likeness (QED) is 0.793. The Balaban J connectivity index is 1.91. The predicted molar refractivity (Wildman–Crippen MR) is 86.5 cm³/mol. The van der Waals surface area contributed by atoms with E-state index in [0.29, 0.717) is 0 Å². The third-order valence-corrected chi connectivity index (χ3v) is 4.84. The molecule has 0 spiro atoms. The van der Waals surface area contributed by atoms with Crippen molar-refractivity contribution in [2.24, 2.45) is 0 Å². The molecule has 3 rings (SSSR count). The summed E-state index contributed by atoms with van der Waals surface area (Å²) >= 11 is 0. The monoisotopic (exact) mass is 307 g/mol. The van der Waals surface area contributed by atoms with Crippen LogP contribution >= 0.6 is 0 Å². The van der Waals surface area contributed by atoms with E-state index >= 15 is 0 Å². The van der Waals surface area contributed by atoms with Gasteiger partial charge in [0.15, 0.2) is 0 Å². The molecule has 2 aliphatic heterocycles. The summed E-state index contributed by atoms with van der Waals surface area (Å²) in [5, 5.41) is 0. The van der Waals surface area contributed by atoms with Crippen LogP contribution in [0.3, 0.4) is 0 Å². The van der Waals surface area contributed by atoms with Crippen molar-refractivity contribution in [1.82, 2.24) is 9.55 Å². The number of ether oxygens (including phenoxy) is 1. The second-order valence-electron chi connectivity index (χ2n) is 7.32. The molecule has 0 aromatic carbocycles. The van der Waals surface area contributed by atoms with Gasteiger partial charge < -0.3 is 18.9 Å². The first-order chi connectivity index (χ1) is 10.2. The molecule has 1 atom stereocenters. The fourth-order valence-corrected chi connectivity index (χ4v) is 2.80. The topological polar surface area (TPSA) is 48.8 Å². The SMILES string of the molecule is CN(C)c1nc(B2OC(C)(C)C(C)(C)O2)cn1C1CCCO1. The van der Waals surface area contributed by atoms with Crippen molar-refractivity contribution < 1.29 is 14.0 Å². The number of rotatable bonds is 3. The van der Waals surface area contributed by atoms with Crippen LogP contribution in [-0.4, -0.2) is 48.6 Å². The largest absolute Gasteiger partial charge is 0.516 e. The number of hydrogen-bond donors (Lipinski definition) is 0. The van der Waals surface area contributed by atoms with Crippen molar-refractivity contribution in [3.63, 3.8) is 0 Å². The van der Waals surface area contributed by atoms with Crippen LogP contribution in [0.25, 0.3) is 0 Å². The van der Waals surface area contributed by atoms with Gasteiger partial charge >= 0.3 is 7.12 Å². The maximum atomic E-state index is 6.10. The van der Waals surface area contributed by atoms with Gasteiger partial charge in [0.25, 0.3) is 0 Å². The third-order valence-electron chi connectivity index (χ3n) is 4.84. The Bertz CT molecular complexity index is 534. The zero-order chi connectivity index (χ0) is 16.1. The summed E-state index contributed by atoms with van der Waals surface area (Å²) < 4.78 is 20.1. The van der Waals surface area contributed by atoms with Gasteiger partial charge in [0, 0.05) is 26.9 Å². The van der Waals surface area contributed by atoms with Gasteiger partial charge in [0.05, 0.1) is 16.8 Å². The van der Waals surface area contributed by atoms with Gasteiger partial charge in [-0.05, 0) is 40.5 Å². The van der Waals surface area contributed by atoms with Crippen molar-refractivity contribution in [3.05, 3.63) is 6.20 Å². The number of aromatic nitrogens is 2. The van der Waals surface area contributed by atoms with Gasteiger partial charge in [-0.3, -0.25) is 4.57 Å². The van der Waals surface area contributed by atoms with Crippen molar-refractivity contribution in [2.45, 2.75) is 58.0 Å². The highest BCUT2D eigenvalue weighted by Gasteiger charge is 2.53. The second kappa shape index (κ2) is 5.25. The molecule has 6 nitrogen and oxygen atoms in total. The fourth-order valence-electron chi connectivity index (χ4n) is 2.80.